The van der Waals surface area contributed by atoms with Crippen LogP contribution in [0, 0.1) is 12.7 Å². The lowest BCUT2D eigenvalue weighted by Gasteiger charge is -2.14. The fourth-order valence-corrected chi connectivity index (χ4v) is 2.60. The molecule has 0 spiro atoms. The summed E-state index contributed by atoms with van der Waals surface area (Å²) in [5, 5.41) is 0. The van der Waals surface area contributed by atoms with Crippen LogP contribution in [0.5, 0.6) is 0 Å². The van der Waals surface area contributed by atoms with Gasteiger partial charge in [0.25, 0.3) is 0 Å². The Morgan fingerprint density at radius 3 is 2.19 bits per heavy atom. The highest BCUT2D eigenvalue weighted by molar-refractivity contribution is 5.60. The summed E-state index contributed by atoms with van der Waals surface area (Å²) in [5.41, 5.74) is 10.7. The highest BCUT2D eigenvalue weighted by Gasteiger charge is 2.14. The Balaban J connectivity index is 2.59. The predicted octanol–water partition coefficient (Wildman–Crippen LogP) is 3.22. The monoisotopic (exact) mass is 287 g/mol. The molecule has 0 aliphatic heterocycles. The molecule has 2 rings (SSSR count). The van der Waals surface area contributed by atoms with Crippen LogP contribution in [-0.2, 0) is 19.3 Å². The van der Waals surface area contributed by atoms with Crippen molar-refractivity contribution in [1.29, 1.82) is 0 Å². The van der Waals surface area contributed by atoms with Crippen molar-refractivity contribution in [2.45, 2.75) is 40.0 Å². The van der Waals surface area contributed by atoms with E-state index in [1.807, 2.05) is 6.92 Å². The van der Waals surface area contributed by atoms with Crippen LogP contribution in [0.25, 0.3) is 11.4 Å². The molecule has 1 heterocycles. The molecular weight excluding hydrogens is 265 g/mol. The Morgan fingerprint density at radius 2 is 1.71 bits per heavy atom. The first-order chi connectivity index (χ1) is 10.1. The maximum atomic E-state index is 13.3. The molecule has 1 aromatic heterocycles. The Bertz CT molecular complexity index is 613. The second-order valence-corrected chi connectivity index (χ2v) is 5.12. The zero-order valence-electron chi connectivity index (χ0n) is 12.9. The summed E-state index contributed by atoms with van der Waals surface area (Å²) in [6, 6.07) is 4.72. The molecule has 0 fully saturated rings. The van der Waals surface area contributed by atoms with Gasteiger partial charge in [-0.05, 0) is 62.1 Å². The smallest absolute Gasteiger partial charge is 0.159 e. The molecule has 0 bridgehead atoms. The molecule has 0 amide bonds. The highest BCUT2D eigenvalue weighted by atomic mass is 19.1. The summed E-state index contributed by atoms with van der Waals surface area (Å²) in [4.78, 5) is 9.38. The van der Waals surface area contributed by atoms with Crippen LogP contribution < -0.4 is 5.73 Å². The normalized spacial score (nSPS) is 10.9. The second kappa shape index (κ2) is 6.76. The fraction of sp³-hybridized carbons (Fsp3) is 0.412. The van der Waals surface area contributed by atoms with Gasteiger partial charge in [0.05, 0.1) is 0 Å². The Hall–Kier alpha value is -1.81. The second-order valence-electron chi connectivity index (χ2n) is 5.12. The van der Waals surface area contributed by atoms with Gasteiger partial charge in [0.2, 0.25) is 0 Å². The standard InChI is InChI=1S/C17H22FN3/c1-4-15-14(8-9-19)16(5-2)21-17(20-15)13-7-6-12(18)10-11(13)3/h6-7,10H,4-5,8-9,19H2,1-3H3. The van der Waals surface area contributed by atoms with Gasteiger partial charge in [-0.2, -0.15) is 0 Å². The van der Waals surface area contributed by atoms with Gasteiger partial charge in [-0.15, -0.1) is 0 Å². The van der Waals surface area contributed by atoms with E-state index in [9.17, 15) is 4.39 Å². The number of benzene rings is 1. The minimum atomic E-state index is -0.234. The molecule has 4 heteroatoms. The predicted molar refractivity (Wildman–Crippen MR) is 83.7 cm³/mol. The van der Waals surface area contributed by atoms with Crippen LogP contribution in [-0.4, -0.2) is 16.5 Å². The van der Waals surface area contributed by atoms with Crippen molar-refractivity contribution in [1.82, 2.24) is 9.97 Å². The number of rotatable bonds is 5. The van der Waals surface area contributed by atoms with Gasteiger partial charge in [0.15, 0.2) is 5.82 Å². The zero-order valence-corrected chi connectivity index (χ0v) is 12.9. The lowest BCUT2D eigenvalue weighted by molar-refractivity contribution is 0.627. The molecule has 2 N–H and O–H groups in total. The van der Waals surface area contributed by atoms with Crippen LogP contribution in [0.3, 0.4) is 0 Å². The maximum absolute atomic E-state index is 13.3. The molecule has 1 aromatic carbocycles. The summed E-state index contributed by atoms with van der Waals surface area (Å²) in [5.74, 6) is 0.449. The first-order valence-corrected chi connectivity index (χ1v) is 7.45. The molecule has 0 aliphatic rings. The molecule has 3 nitrogen and oxygen atoms in total. The molecule has 2 aromatic rings. The molecule has 0 unspecified atom stereocenters. The van der Waals surface area contributed by atoms with E-state index < -0.39 is 0 Å². The number of hydrogen-bond donors (Lipinski definition) is 1. The van der Waals surface area contributed by atoms with Gasteiger partial charge in [-0.3, -0.25) is 0 Å². The van der Waals surface area contributed by atoms with Crippen molar-refractivity contribution in [2.24, 2.45) is 5.73 Å². The largest absolute Gasteiger partial charge is 0.330 e. The Labute approximate surface area is 125 Å². The van der Waals surface area contributed by atoms with Crippen molar-refractivity contribution in [3.63, 3.8) is 0 Å². The minimum Gasteiger partial charge on any atom is -0.330 e. The van der Waals surface area contributed by atoms with E-state index in [0.717, 1.165) is 41.8 Å². The Kier molecular flexibility index (Phi) is 5.02. The number of hydrogen-bond acceptors (Lipinski definition) is 3. The quantitative estimate of drug-likeness (QED) is 0.918. The van der Waals surface area contributed by atoms with E-state index in [-0.39, 0.29) is 5.82 Å². The number of aromatic nitrogens is 2. The summed E-state index contributed by atoms with van der Waals surface area (Å²) in [7, 11) is 0. The van der Waals surface area contributed by atoms with Crippen LogP contribution in [0.4, 0.5) is 4.39 Å². The fourth-order valence-electron chi connectivity index (χ4n) is 2.60. The van der Waals surface area contributed by atoms with Crippen LogP contribution in [0.15, 0.2) is 18.2 Å². The van der Waals surface area contributed by atoms with E-state index in [1.165, 1.54) is 17.7 Å². The van der Waals surface area contributed by atoms with Gasteiger partial charge in [-0.1, -0.05) is 13.8 Å². The summed E-state index contributed by atoms with van der Waals surface area (Å²) in [6.45, 7) is 6.65. The maximum Gasteiger partial charge on any atom is 0.159 e. The Morgan fingerprint density at radius 1 is 1.10 bits per heavy atom. The zero-order chi connectivity index (χ0) is 15.4. The van der Waals surface area contributed by atoms with Crippen LogP contribution in [0.2, 0.25) is 0 Å². The topological polar surface area (TPSA) is 51.8 Å². The van der Waals surface area contributed by atoms with Crippen LogP contribution >= 0.6 is 0 Å². The van der Waals surface area contributed by atoms with Gasteiger partial charge < -0.3 is 5.73 Å². The van der Waals surface area contributed by atoms with Gasteiger partial charge in [0.1, 0.15) is 5.82 Å². The summed E-state index contributed by atoms with van der Waals surface area (Å²) < 4.78 is 13.3. The van der Waals surface area contributed by atoms with Crippen molar-refractivity contribution in [3.05, 3.63) is 46.5 Å². The number of nitrogens with two attached hydrogens (primary N) is 1. The SMILES string of the molecule is CCc1nc(-c2ccc(F)cc2C)nc(CC)c1CCN. The van der Waals surface area contributed by atoms with Crippen LogP contribution in [0.1, 0.15) is 36.4 Å². The molecule has 21 heavy (non-hydrogen) atoms. The molecule has 0 saturated carbocycles. The molecule has 0 radical (unpaired) electrons. The average molecular weight is 287 g/mol. The summed E-state index contributed by atoms with van der Waals surface area (Å²) >= 11 is 0. The molecular formula is C17H22FN3. The number of aryl methyl sites for hydroxylation is 3. The first kappa shape index (κ1) is 15.6. The van der Waals surface area contributed by atoms with E-state index in [4.69, 9.17) is 15.7 Å². The first-order valence-electron chi connectivity index (χ1n) is 7.45. The van der Waals surface area contributed by atoms with Gasteiger partial charge >= 0.3 is 0 Å². The highest BCUT2D eigenvalue weighted by Crippen LogP contribution is 2.24. The van der Waals surface area contributed by atoms with E-state index in [0.29, 0.717) is 12.4 Å². The molecule has 112 valence electrons. The molecule has 0 atom stereocenters. The van der Waals surface area contributed by atoms with Gasteiger partial charge in [-0.25, -0.2) is 14.4 Å². The third kappa shape index (κ3) is 3.27. The molecule has 0 saturated heterocycles. The van der Waals surface area contributed by atoms with Crippen molar-refractivity contribution in [3.8, 4) is 11.4 Å². The van der Waals surface area contributed by atoms with E-state index in [1.54, 1.807) is 6.07 Å². The molecule has 0 aliphatic carbocycles. The van der Waals surface area contributed by atoms with E-state index in [2.05, 4.69) is 13.8 Å². The summed E-state index contributed by atoms with van der Waals surface area (Å²) in [6.07, 6.45) is 2.49. The minimum absolute atomic E-state index is 0.234. The number of halogens is 1. The van der Waals surface area contributed by atoms with Gasteiger partial charge in [0, 0.05) is 17.0 Å². The van der Waals surface area contributed by atoms with E-state index >= 15 is 0 Å². The average Bonchev–Trinajstić information content (AvgIpc) is 2.47. The lowest BCUT2D eigenvalue weighted by Crippen LogP contribution is -2.12. The van der Waals surface area contributed by atoms with Crippen molar-refractivity contribution < 1.29 is 4.39 Å². The van der Waals surface area contributed by atoms with Crippen molar-refractivity contribution >= 4 is 0 Å². The lowest BCUT2D eigenvalue weighted by atomic mass is 10.0. The third-order valence-electron chi connectivity index (χ3n) is 3.67. The van der Waals surface area contributed by atoms with Crippen molar-refractivity contribution in [2.75, 3.05) is 6.54 Å². The number of nitrogens with zero attached hydrogens (tertiary/aromatic N) is 2. The third-order valence-corrected chi connectivity index (χ3v) is 3.67.